The molecule has 0 radical (unpaired) electrons. The third-order valence-corrected chi connectivity index (χ3v) is 9.53. The number of anilines is 3. The second-order valence-corrected chi connectivity index (χ2v) is 13.7. The van der Waals surface area contributed by atoms with Crippen LogP contribution in [0.3, 0.4) is 0 Å². The minimum atomic E-state index is -3.87. The number of carboxylic acids is 1. The summed E-state index contributed by atoms with van der Waals surface area (Å²) in [4.78, 5) is 19.3. The van der Waals surface area contributed by atoms with Crippen molar-refractivity contribution in [3.63, 3.8) is 0 Å². The lowest BCUT2D eigenvalue weighted by Gasteiger charge is -2.19. The molecular weight excluding hydrogens is 623 g/mol. The van der Waals surface area contributed by atoms with Gasteiger partial charge in [-0.3, -0.25) is 14.5 Å². The fraction of sp³-hybridized carbons (Fsp3) is 0.304. The third-order valence-electron chi connectivity index (χ3n) is 5.29. The highest BCUT2D eigenvalue weighted by Gasteiger charge is 2.27. The van der Waals surface area contributed by atoms with Gasteiger partial charge >= 0.3 is 5.97 Å². The van der Waals surface area contributed by atoms with Gasteiger partial charge in [-0.05, 0) is 31.2 Å². The van der Waals surface area contributed by atoms with Crippen molar-refractivity contribution in [3.8, 4) is 5.75 Å². The number of hydrazone groups is 1. The molecule has 214 valence electrons. The van der Waals surface area contributed by atoms with Gasteiger partial charge in [0.2, 0.25) is 10.0 Å². The van der Waals surface area contributed by atoms with E-state index in [1.807, 2.05) is 0 Å². The molecule has 40 heavy (non-hydrogen) atoms. The van der Waals surface area contributed by atoms with E-state index in [2.05, 4.69) is 37.7 Å². The molecule has 3 aromatic rings. The summed E-state index contributed by atoms with van der Waals surface area (Å²) in [7, 11) is -3.87. The topological polar surface area (TPSA) is 146 Å². The first-order valence-corrected chi connectivity index (χ1v) is 16.1. The monoisotopic (exact) mass is 646 g/mol. The molecule has 1 aromatic heterocycles. The second-order valence-electron chi connectivity index (χ2n) is 8.16. The Morgan fingerprint density at radius 3 is 2.85 bits per heavy atom. The Morgan fingerprint density at radius 1 is 1.32 bits per heavy atom. The van der Waals surface area contributed by atoms with Crippen molar-refractivity contribution in [1.29, 1.82) is 0 Å². The largest absolute Gasteiger partial charge is 0.492 e. The smallest absolute Gasteiger partial charge is 0.304 e. The van der Waals surface area contributed by atoms with Gasteiger partial charge in [0.15, 0.2) is 4.38 Å². The van der Waals surface area contributed by atoms with Gasteiger partial charge in [0.1, 0.15) is 28.4 Å². The lowest BCUT2D eigenvalue weighted by atomic mass is 10.2. The molecular formula is C23H24ClFN6O5S4. The predicted octanol–water partition coefficient (Wildman–Crippen LogP) is 5.05. The third kappa shape index (κ3) is 7.96. The van der Waals surface area contributed by atoms with Crippen LogP contribution in [0.25, 0.3) is 10.9 Å². The molecule has 4 rings (SSSR count). The molecule has 1 aliphatic rings. The number of aliphatic carboxylic acids is 1. The molecule has 0 bridgehead atoms. The normalized spacial score (nSPS) is 15.2. The van der Waals surface area contributed by atoms with Crippen molar-refractivity contribution >= 4 is 96.2 Å². The number of sulfonamides is 1. The van der Waals surface area contributed by atoms with Gasteiger partial charge < -0.3 is 15.2 Å². The first-order valence-electron chi connectivity index (χ1n) is 11.7. The predicted molar refractivity (Wildman–Crippen MR) is 162 cm³/mol. The Morgan fingerprint density at radius 2 is 2.12 bits per heavy atom. The van der Waals surface area contributed by atoms with Gasteiger partial charge in [0.25, 0.3) is 0 Å². The zero-order valence-electron chi connectivity index (χ0n) is 20.9. The van der Waals surface area contributed by atoms with E-state index >= 15 is 0 Å². The number of thiol groups is 1. The number of fused-ring (bicyclic) bond motifs is 1. The molecule has 3 N–H and O–H groups in total. The molecule has 17 heteroatoms. The van der Waals surface area contributed by atoms with Crippen molar-refractivity contribution in [2.24, 2.45) is 5.10 Å². The van der Waals surface area contributed by atoms with Crippen LogP contribution < -0.4 is 14.8 Å². The number of carboxylic acid groups (broad SMARTS) is 1. The van der Waals surface area contributed by atoms with Crippen LogP contribution in [0, 0.1) is 5.82 Å². The number of rotatable bonds is 12. The average Bonchev–Trinajstić information content (AvgIpc) is 3.24. The maximum absolute atomic E-state index is 13.6. The standard InChI is InChI=1S/C23H24ClFN6O5S4/c1-2-36-19-11-17-14(21(27-12-26-17)28-13-3-4-16(25)15(24)9-13)10-18(19)30-40(34,35)8-6-31-23(37)39-22(29-31)38-7-5-20(32)33/h3-4,9-12,23,30,37H,2,5-8H2,1H3,(H,32,33)(H,26,27,28). The van der Waals surface area contributed by atoms with E-state index < -0.39 is 26.5 Å². The first-order chi connectivity index (χ1) is 19.0. The van der Waals surface area contributed by atoms with Gasteiger partial charge in [-0.1, -0.05) is 35.1 Å². The van der Waals surface area contributed by atoms with Crippen LogP contribution in [-0.2, 0) is 14.8 Å². The lowest BCUT2D eigenvalue weighted by Crippen LogP contribution is -2.29. The maximum Gasteiger partial charge on any atom is 0.304 e. The highest BCUT2D eigenvalue weighted by molar-refractivity contribution is 8.41. The Balaban J connectivity index is 1.52. The number of nitrogens with one attached hydrogen (secondary N) is 2. The molecule has 0 saturated heterocycles. The van der Waals surface area contributed by atoms with Crippen LogP contribution in [0.4, 0.5) is 21.6 Å². The molecule has 1 unspecified atom stereocenters. The zero-order valence-corrected chi connectivity index (χ0v) is 25.0. The first kappa shape index (κ1) is 30.3. The summed E-state index contributed by atoms with van der Waals surface area (Å²) < 4.78 is 48.3. The molecule has 1 atom stereocenters. The van der Waals surface area contributed by atoms with Crippen LogP contribution in [0.1, 0.15) is 13.3 Å². The number of benzene rings is 2. The number of ether oxygens (including phenoxy) is 1. The molecule has 2 aromatic carbocycles. The van der Waals surface area contributed by atoms with Gasteiger partial charge in [0, 0.05) is 22.9 Å². The highest BCUT2D eigenvalue weighted by Crippen LogP contribution is 2.36. The lowest BCUT2D eigenvalue weighted by molar-refractivity contribution is -0.136. The quantitative estimate of drug-likeness (QED) is 0.196. The maximum atomic E-state index is 13.6. The van der Waals surface area contributed by atoms with Gasteiger partial charge in [-0.25, -0.2) is 22.8 Å². The fourth-order valence-electron chi connectivity index (χ4n) is 3.46. The fourth-order valence-corrected chi connectivity index (χ4v) is 7.36. The summed E-state index contributed by atoms with van der Waals surface area (Å²) in [6, 6.07) is 7.29. The number of hydrogen-bond donors (Lipinski definition) is 4. The van der Waals surface area contributed by atoms with E-state index in [9.17, 15) is 17.6 Å². The molecule has 0 aliphatic carbocycles. The zero-order chi connectivity index (χ0) is 28.9. The van der Waals surface area contributed by atoms with Crippen molar-refractivity contribution in [3.05, 3.63) is 47.5 Å². The number of thioether (sulfide) groups is 2. The number of halogens is 2. The van der Waals surface area contributed by atoms with Crippen molar-refractivity contribution in [2.45, 2.75) is 18.1 Å². The number of carbonyl (C=O) groups is 1. The van der Waals surface area contributed by atoms with Crippen LogP contribution >= 0.6 is 47.8 Å². The number of aromatic nitrogens is 2. The van der Waals surface area contributed by atoms with Crippen LogP contribution in [0.2, 0.25) is 5.02 Å². The van der Waals surface area contributed by atoms with Crippen LogP contribution in [0.15, 0.2) is 41.8 Å². The molecule has 0 spiro atoms. The summed E-state index contributed by atoms with van der Waals surface area (Å²) >= 11 is 12.9. The van der Waals surface area contributed by atoms with E-state index in [1.165, 1.54) is 53.1 Å². The molecule has 11 nitrogen and oxygen atoms in total. The Labute approximate surface area is 248 Å². The molecule has 0 saturated carbocycles. The average molecular weight is 647 g/mol. The molecule has 0 fully saturated rings. The second kappa shape index (κ2) is 13.3. The molecule has 0 amide bonds. The number of hydrogen-bond acceptors (Lipinski definition) is 12. The van der Waals surface area contributed by atoms with Gasteiger partial charge in [0.05, 0.1) is 41.6 Å². The van der Waals surface area contributed by atoms with Crippen molar-refractivity contribution in [1.82, 2.24) is 15.0 Å². The Hall–Kier alpha value is -2.66. The van der Waals surface area contributed by atoms with Gasteiger partial charge in [-0.15, -0.1) is 12.6 Å². The molecule has 1 aliphatic heterocycles. The highest BCUT2D eigenvalue weighted by atomic mass is 35.5. The number of nitrogens with zero attached hydrogens (tertiary/aromatic N) is 4. The van der Waals surface area contributed by atoms with E-state index in [-0.39, 0.29) is 41.8 Å². The summed E-state index contributed by atoms with van der Waals surface area (Å²) in [6.07, 6.45) is 1.33. The summed E-state index contributed by atoms with van der Waals surface area (Å²) in [6.45, 7) is 2.11. The van der Waals surface area contributed by atoms with Gasteiger partial charge in [-0.2, -0.15) is 5.10 Å². The van der Waals surface area contributed by atoms with E-state index in [0.717, 1.165) is 0 Å². The minimum Gasteiger partial charge on any atom is -0.492 e. The Kier molecular flexibility index (Phi) is 10.1. The van der Waals surface area contributed by atoms with Crippen LogP contribution in [0.5, 0.6) is 5.75 Å². The minimum absolute atomic E-state index is 0.00632. The summed E-state index contributed by atoms with van der Waals surface area (Å²) in [5.41, 5.74) is 1.16. The van der Waals surface area contributed by atoms with E-state index in [1.54, 1.807) is 19.1 Å². The van der Waals surface area contributed by atoms with Crippen LogP contribution in [-0.4, -0.2) is 68.2 Å². The Bertz CT molecular complexity index is 1550. The van der Waals surface area contributed by atoms with Crippen molar-refractivity contribution < 1.29 is 27.4 Å². The van der Waals surface area contributed by atoms with E-state index in [4.69, 9.17) is 21.4 Å². The summed E-state index contributed by atoms with van der Waals surface area (Å²) in [5.74, 6) is -0.769. The van der Waals surface area contributed by atoms with Crippen molar-refractivity contribution in [2.75, 3.05) is 34.7 Å². The SMILES string of the molecule is CCOc1cc2ncnc(Nc3ccc(F)c(Cl)c3)c2cc1NS(=O)(=O)CCN1N=C(SCCC(=O)O)SC1S. The molecule has 2 heterocycles. The summed E-state index contributed by atoms with van der Waals surface area (Å²) in [5, 5.41) is 18.2. The van der Waals surface area contributed by atoms with E-state index in [0.29, 0.717) is 32.5 Å².